The average Bonchev–Trinajstić information content (AvgIpc) is 3.40. The van der Waals surface area contributed by atoms with Crippen molar-refractivity contribution < 1.29 is 18.8 Å². The zero-order valence-electron chi connectivity index (χ0n) is 17.4. The van der Waals surface area contributed by atoms with Crippen molar-refractivity contribution in [3.63, 3.8) is 0 Å². The van der Waals surface area contributed by atoms with Crippen LogP contribution in [0.3, 0.4) is 0 Å². The van der Waals surface area contributed by atoms with Crippen LogP contribution in [0.25, 0.3) is 11.4 Å². The van der Waals surface area contributed by atoms with Crippen molar-refractivity contribution in [3.8, 4) is 22.9 Å². The first-order valence-electron chi connectivity index (χ1n) is 10.1. The lowest BCUT2D eigenvalue weighted by Gasteiger charge is -2.16. The third-order valence-electron chi connectivity index (χ3n) is 5.15. The molecule has 2 aromatic carbocycles. The van der Waals surface area contributed by atoms with E-state index in [1.807, 2.05) is 49.4 Å². The van der Waals surface area contributed by atoms with Crippen LogP contribution in [-0.4, -0.2) is 36.3 Å². The molecular weight excluding hydrogens is 382 g/mol. The first kappa shape index (κ1) is 19.9. The Hall–Kier alpha value is -3.35. The Kier molecular flexibility index (Phi) is 5.70. The van der Waals surface area contributed by atoms with Gasteiger partial charge in [-0.1, -0.05) is 29.8 Å². The van der Waals surface area contributed by atoms with Crippen LogP contribution in [0.1, 0.15) is 37.1 Å². The second kappa shape index (κ2) is 8.57. The van der Waals surface area contributed by atoms with E-state index in [9.17, 15) is 4.79 Å². The summed E-state index contributed by atoms with van der Waals surface area (Å²) in [6.45, 7) is 5.22. The van der Waals surface area contributed by atoms with Crippen LogP contribution < -0.4 is 14.4 Å². The number of aromatic nitrogens is 2. The molecule has 1 unspecified atom stereocenters. The number of hydrogen-bond acceptors (Lipinski definition) is 6. The lowest BCUT2D eigenvalue weighted by Crippen LogP contribution is -2.24. The predicted octanol–water partition coefficient (Wildman–Crippen LogP) is 4.36. The number of carbonyl (C=O) groups excluding carboxylic acids is 1. The van der Waals surface area contributed by atoms with Crippen molar-refractivity contribution in [2.75, 3.05) is 25.2 Å². The van der Waals surface area contributed by atoms with E-state index < -0.39 is 0 Å². The molecule has 4 rings (SSSR count). The fourth-order valence-electron chi connectivity index (χ4n) is 3.50. The highest BCUT2D eigenvalue weighted by Crippen LogP contribution is 2.34. The second-order valence-electron chi connectivity index (χ2n) is 7.41. The molecule has 3 aromatic rings. The number of rotatable bonds is 7. The zero-order valence-corrected chi connectivity index (χ0v) is 17.4. The number of ether oxygens (including phenoxy) is 2. The van der Waals surface area contributed by atoms with Crippen LogP contribution in [-0.2, 0) is 4.79 Å². The van der Waals surface area contributed by atoms with Crippen molar-refractivity contribution in [1.82, 2.24) is 10.1 Å². The maximum absolute atomic E-state index is 12.5. The minimum absolute atomic E-state index is 0.0581. The molecular formula is C23H25N3O4. The van der Waals surface area contributed by atoms with Crippen molar-refractivity contribution in [2.45, 2.75) is 32.6 Å². The Balaban J connectivity index is 1.52. The normalized spacial score (nSPS) is 16.2. The highest BCUT2D eigenvalue weighted by molar-refractivity contribution is 5.96. The van der Waals surface area contributed by atoms with E-state index in [4.69, 9.17) is 14.0 Å². The molecule has 1 atom stereocenters. The van der Waals surface area contributed by atoms with Gasteiger partial charge in [0.05, 0.1) is 19.6 Å². The third kappa shape index (κ3) is 4.01. The molecule has 1 amide bonds. The fraction of sp³-hybridized carbons (Fsp3) is 0.348. The Morgan fingerprint density at radius 3 is 2.70 bits per heavy atom. The number of carbonyl (C=O) groups is 1. The SMILES string of the molecule is CCCOc1ccc(-c2noc(C3CC(=O)N(c4ccc(C)cc4)C3)n2)cc1OC. The summed E-state index contributed by atoms with van der Waals surface area (Å²) >= 11 is 0. The third-order valence-corrected chi connectivity index (χ3v) is 5.15. The van der Waals surface area contributed by atoms with Crippen LogP contribution in [0, 0.1) is 6.92 Å². The van der Waals surface area contributed by atoms with Gasteiger partial charge >= 0.3 is 0 Å². The van der Waals surface area contributed by atoms with Crippen molar-refractivity contribution in [3.05, 3.63) is 53.9 Å². The number of nitrogens with zero attached hydrogens (tertiary/aromatic N) is 3. The molecule has 0 spiro atoms. The number of anilines is 1. The molecule has 1 aromatic heterocycles. The van der Waals surface area contributed by atoms with Crippen LogP contribution >= 0.6 is 0 Å². The molecule has 7 heteroatoms. The smallest absolute Gasteiger partial charge is 0.232 e. The summed E-state index contributed by atoms with van der Waals surface area (Å²) < 4.78 is 16.6. The summed E-state index contributed by atoms with van der Waals surface area (Å²) in [7, 11) is 1.60. The number of amides is 1. The first-order valence-corrected chi connectivity index (χ1v) is 10.1. The van der Waals surface area contributed by atoms with E-state index in [1.54, 1.807) is 12.0 Å². The van der Waals surface area contributed by atoms with Crippen molar-refractivity contribution >= 4 is 11.6 Å². The second-order valence-corrected chi connectivity index (χ2v) is 7.41. The highest BCUT2D eigenvalue weighted by atomic mass is 16.5. The molecule has 0 bridgehead atoms. The van der Waals surface area contributed by atoms with Gasteiger partial charge in [0, 0.05) is 24.2 Å². The molecule has 0 radical (unpaired) electrons. The molecule has 7 nitrogen and oxygen atoms in total. The topological polar surface area (TPSA) is 77.7 Å². The first-order chi connectivity index (χ1) is 14.6. The van der Waals surface area contributed by atoms with Gasteiger partial charge in [-0.25, -0.2) is 0 Å². The van der Waals surface area contributed by atoms with Crippen LogP contribution in [0.5, 0.6) is 11.5 Å². The lowest BCUT2D eigenvalue weighted by molar-refractivity contribution is -0.117. The number of methoxy groups -OCH3 is 1. The molecule has 0 saturated carbocycles. The van der Waals surface area contributed by atoms with Gasteiger partial charge in [-0.05, 0) is 43.7 Å². The summed E-state index contributed by atoms with van der Waals surface area (Å²) in [5, 5.41) is 4.12. The molecule has 156 valence electrons. The molecule has 2 heterocycles. The van der Waals surface area contributed by atoms with Crippen LogP contribution in [0.15, 0.2) is 47.0 Å². The quantitative estimate of drug-likeness (QED) is 0.579. The van der Waals surface area contributed by atoms with E-state index in [-0.39, 0.29) is 11.8 Å². The van der Waals surface area contributed by atoms with Crippen molar-refractivity contribution in [2.24, 2.45) is 0 Å². The van der Waals surface area contributed by atoms with Gasteiger partial charge in [-0.3, -0.25) is 4.79 Å². The zero-order chi connectivity index (χ0) is 21.1. The van der Waals surface area contributed by atoms with Gasteiger partial charge in [0.25, 0.3) is 0 Å². The number of hydrogen-bond donors (Lipinski definition) is 0. The van der Waals surface area contributed by atoms with Crippen LogP contribution in [0.4, 0.5) is 5.69 Å². The van der Waals surface area contributed by atoms with E-state index in [2.05, 4.69) is 17.1 Å². The molecule has 1 fully saturated rings. The standard InChI is InChI=1S/C23H25N3O4/c1-4-11-29-19-10-7-16(12-20(19)28-3)22-24-23(30-25-22)17-13-21(27)26(14-17)18-8-5-15(2)6-9-18/h5-10,12,17H,4,11,13-14H2,1-3H3. The van der Waals surface area contributed by atoms with E-state index in [0.29, 0.717) is 42.8 Å². The molecule has 1 aliphatic heterocycles. The molecule has 1 saturated heterocycles. The number of benzene rings is 2. The van der Waals surface area contributed by atoms with Crippen molar-refractivity contribution in [1.29, 1.82) is 0 Å². The molecule has 30 heavy (non-hydrogen) atoms. The van der Waals surface area contributed by atoms with Gasteiger partial charge in [0.1, 0.15) is 0 Å². The largest absolute Gasteiger partial charge is 0.493 e. The Labute approximate surface area is 175 Å². The average molecular weight is 407 g/mol. The van der Waals surface area contributed by atoms with E-state index >= 15 is 0 Å². The lowest BCUT2D eigenvalue weighted by atomic mass is 10.1. The Bertz CT molecular complexity index is 1030. The van der Waals surface area contributed by atoms with Gasteiger partial charge in [-0.2, -0.15) is 4.98 Å². The van der Waals surface area contributed by atoms with E-state index in [1.165, 1.54) is 0 Å². The summed E-state index contributed by atoms with van der Waals surface area (Å²) in [6, 6.07) is 13.5. The maximum atomic E-state index is 12.5. The minimum Gasteiger partial charge on any atom is -0.493 e. The summed E-state index contributed by atoms with van der Waals surface area (Å²) in [4.78, 5) is 18.9. The van der Waals surface area contributed by atoms with Gasteiger partial charge in [-0.15, -0.1) is 0 Å². The molecule has 1 aliphatic rings. The summed E-state index contributed by atoms with van der Waals surface area (Å²) in [5.74, 6) is 2.16. The summed E-state index contributed by atoms with van der Waals surface area (Å²) in [6.07, 6.45) is 1.27. The summed E-state index contributed by atoms with van der Waals surface area (Å²) in [5.41, 5.74) is 2.82. The molecule has 0 N–H and O–H groups in total. The predicted molar refractivity (Wildman–Crippen MR) is 113 cm³/mol. The monoisotopic (exact) mass is 407 g/mol. The highest BCUT2D eigenvalue weighted by Gasteiger charge is 2.35. The maximum Gasteiger partial charge on any atom is 0.232 e. The van der Waals surface area contributed by atoms with E-state index in [0.717, 1.165) is 23.2 Å². The van der Waals surface area contributed by atoms with Gasteiger partial charge in [0.15, 0.2) is 11.5 Å². The van der Waals surface area contributed by atoms with Crippen LogP contribution in [0.2, 0.25) is 0 Å². The number of aryl methyl sites for hydroxylation is 1. The fourth-order valence-corrected chi connectivity index (χ4v) is 3.50. The minimum atomic E-state index is -0.130. The molecule has 0 aliphatic carbocycles. The Morgan fingerprint density at radius 2 is 1.97 bits per heavy atom. The van der Waals surface area contributed by atoms with Gasteiger partial charge < -0.3 is 18.9 Å². The van der Waals surface area contributed by atoms with Gasteiger partial charge in [0.2, 0.25) is 17.6 Å². The Morgan fingerprint density at radius 1 is 1.17 bits per heavy atom.